The third-order valence-electron chi connectivity index (χ3n) is 4.01. The summed E-state index contributed by atoms with van der Waals surface area (Å²) in [7, 11) is 0. The second kappa shape index (κ2) is 5.68. The maximum atomic E-state index is 10.8. The van der Waals surface area contributed by atoms with Gasteiger partial charge in [-0.05, 0) is 46.2 Å². The molecule has 0 aliphatic carbocycles. The molecule has 1 N–H and O–H groups in total. The van der Waals surface area contributed by atoms with Crippen LogP contribution in [0, 0.1) is 13.8 Å². The lowest BCUT2D eigenvalue weighted by Gasteiger charge is -2.25. The molecule has 0 aromatic carbocycles. The maximum absolute atomic E-state index is 10.8. The predicted molar refractivity (Wildman–Crippen MR) is 76.2 cm³/mol. The number of aromatic nitrogens is 1. The summed E-state index contributed by atoms with van der Waals surface area (Å²) in [5, 5.41) is 11.9. The highest BCUT2D eigenvalue weighted by Crippen LogP contribution is 2.29. The quantitative estimate of drug-likeness (QED) is 0.915. The third-order valence-corrected chi connectivity index (χ3v) is 5.08. The van der Waals surface area contributed by atoms with Crippen LogP contribution in [0.25, 0.3) is 0 Å². The number of rotatable bonds is 3. The number of likely N-dealkylation sites (tertiary alicyclic amines) is 1. The summed E-state index contributed by atoms with van der Waals surface area (Å²) < 4.78 is 0. The molecular weight excluding hydrogens is 244 g/mol. The fourth-order valence-electron chi connectivity index (χ4n) is 2.62. The van der Waals surface area contributed by atoms with E-state index in [4.69, 9.17) is 0 Å². The van der Waals surface area contributed by atoms with Crippen molar-refractivity contribution in [1.82, 2.24) is 9.88 Å². The van der Waals surface area contributed by atoms with Crippen LogP contribution >= 0.6 is 11.3 Å². The predicted octanol–water partition coefficient (Wildman–Crippen LogP) is 2.54. The summed E-state index contributed by atoms with van der Waals surface area (Å²) in [5.74, 6) is 0. The van der Waals surface area contributed by atoms with Gasteiger partial charge in [-0.25, -0.2) is 4.98 Å². The van der Waals surface area contributed by atoms with Crippen molar-refractivity contribution >= 4 is 11.3 Å². The largest absolute Gasteiger partial charge is 0.389 e. The van der Waals surface area contributed by atoms with Gasteiger partial charge in [0, 0.05) is 17.8 Å². The van der Waals surface area contributed by atoms with Crippen LogP contribution in [0.1, 0.15) is 41.8 Å². The van der Waals surface area contributed by atoms with E-state index in [1.54, 1.807) is 11.3 Å². The molecule has 18 heavy (non-hydrogen) atoms. The van der Waals surface area contributed by atoms with E-state index in [1.165, 1.54) is 4.88 Å². The lowest BCUT2D eigenvalue weighted by molar-refractivity contribution is 0.0258. The van der Waals surface area contributed by atoms with E-state index in [0.717, 1.165) is 56.0 Å². The maximum Gasteiger partial charge on any atom is 0.0959 e. The Balaban J connectivity index is 2.02. The van der Waals surface area contributed by atoms with Crippen LogP contribution in [0.2, 0.25) is 0 Å². The molecule has 2 heterocycles. The van der Waals surface area contributed by atoms with Gasteiger partial charge in [0.1, 0.15) is 0 Å². The van der Waals surface area contributed by atoms with E-state index < -0.39 is 5.60 Å². The van der Waals surface area contributed by atoms with Gasteiger partial charge in [-0.2, -0.15) is 0 Å². The van der Waals surface area contributed by atoms with E-state index in [9.17, 15) is 5.11 Å². The summed E-state index contributed by atoms with van der Waals surface area (Å²) in [6, 6.07) is 0. The van der Waals surface area contributed by atoms with Crippen molar-refractivity contribution < 1.29 is 5.11 Å². The van der Waals surface area contributed by atoms with E-state index >= 15 is 0 Å². The SMILES string of the molecule is CCN1CCCC(O)(Cc2nc(C)c(C)s2)CC1. The molecule has 1 aromatic heterocycles. The van der Waals surface area contributed by atoms with Crippen molar-refractivity contribution in [3.8, 4) is 0 Å². The second-order valence-corrected chi connectivity index (χ2v) is 6.73. The second-order valence-electron chi connectivity index (χ2n) is 5.44. The standard InChI is InChI=1S/C14H24N2OS/c1-4-16-8-5-6-14(17,7-9-16)10-13-15-11(2)12(3)18-13/h17H,4-10H2,1-3H3. The van der Waals surface area contributed by atoms with E-state index in [1.807, 2.05) is 6.92 Å². The van der Waals surface area contributed by atoms with Gasteiger partial charge in [0.15, 0.2) is 0 Å². The Labute approximate surface area is 114 Å². The molecule has 3 nitrogen and oxygen atoms in total. The van der Waals surface area contributed by atoms with Gasteiger partial charge >= 0.3 is 0 Å². The molecule has 1 unspecified atom stereocenters. The minimum Gasteiger partial charge on any atom is -0.389 e. The topological polar surface area (TPSA) is 36.4 Å². The highest BCUT2D eigenvalue weighted by Gasteiger charge is 2.31. The molecule has 1 aliphatic rings. The van der Waals surface area contributed by atoms with E-state index in [2.05, 4.69) is 23.7 Å². The van der Waals surface area contributed by atoms with Crippen molar-refractivity contribution in [2.75, 3.05) is 19.6 Å². The fourth-order valence-corrected chi connectivity index (χ4v) is 3.69. The molecular formula is C14H24N2OS. The van der Waals surface area contributed by atoms with Gasteiger partial charge in [0.25, 0.3) is 0 Å². The lowest BCUT2D eigenvalue weighted by atomic mass is 9.91. The molecule has 1 atom stereocenters. The summed E-state index contributed by atoms with van der Waals surface area (Å²) in [5.41, 5.74) is 0.572. The fraction of sp³-hybridized carbons (Fsp3) is 0.786. The lowest BCUT2D eigenvalue weighted by Crippen LogP contribution is -2.33. The molecule has 0 saturated carbocycles. The molecule has 1 saturated heterocycles. The van der Waals surface area contributed by atoms with Crippen LogP contribution in [0.5, 0.6) is 0 Å². The number of aliphatic hydroxyl groups is 1. The number of nitrogens with zero attached hydrogens (tertiary/aromatic N) is 2. The minimum atomic E-state index is -0.541. The average Bonchev–Trinajstić information content (AvgIpc) is 2.52. The molecule has 1 aromatic rings. The minimum absolute atomic E-state index is 0.541. The van der Waals surface area contributed by atoms with Crippen molar-refractivity contribution in [2.45, 2.75) is 52.1 Å². The highest BCUT2D eigenvalue weighted by atomic mass is 32.1. The van der Waals surface area contributed by atoms with Crippen LogP contribution in [-0.4, -0.2) is 40.2 Å². The monoisotopic (exact) mass is 268 g/mol. The van der Waals surface area contributed by atoms with Gasteiger partial charge < -0.3 is 10.0 Å². The van der Waals surface area contributed by atoms with Crippen molar-refractivity contribution in [3.05, 3.63) is 15.6 Å². The highest BCUT2D eigenvalue weighted by molar-refractivity contribution is 7.11. The van der Waals surface area contributed by atoms with Crippen LogP contribution in [-0.2, 0) is 6.42 Å². The van der Waals surface area contributed by atoms with Crippen molar-refractivity contribution in [2.24, 2.45) is 0 Å². The van der Waals surface area contributed by atoms with E-state index in [-0.39, 0.29) is 0 Å². The third kappa shape index (κ3) is 3.31. The molecule has 1 fully saturated rings. The van der Waals surface area contributed by atoms with Crippen molar-refractivity contribution in [1.29, 1.82) is 0 Å². The molecule has 102 valence electrons. The smallest absolute Gasteiger partial charge is 0.0959 e. The Morgan fingerprint density at radius 3 is 2.72 bits per heavy atom. The van der Waals surface area contributed by atoms with Gasteiger partial charge in [-0.1, -0.05) is 6.92 Å². The normalized spacial score (nSPS) is 26.2. The number of thiazole rings is 1. The molecule has 4 heteroatoms. The summed E-state index contributed by atoms with van der Waals surface area (Å²) in [6.45, 7) is 9.56. The Bertz CT molecular complexity index is 385. The number of hydrogen-bond donors (Lipinski definition) is 1. The van der Waals surface area contributed by atoms with Crippen LogP contribution < -0.4 is 0 Å². The zero-order chi connectivity index (χ0) is 13.2. The molecule has 0 spiro atoms. The zero-order valence-electron chi connectivity index (χ0n) is 11.7. The van der Waals surface area contributed by atoms with Gasteiger partial charge in [-0.3, -0.25) is 0 Å². The first kappa shape index (κ1) is 14.0. The van der Waals surface area contributed by atoms with Crippen molar-refractivity contribution in [3.63, 3.8) is 0 Å². The average molecular weight is 268 g/mol. The van der Waals surface area contributed by atoms with Gasteiger partial charge in [0.2, 0.25) is 0 Å². The summed E-state index contributed by atoms with van der Waals surface area (Å²) >= 11 is 1.74. The Hall–Kier alpha value is -0.450. The van der Waals surface area contributed by atoms with Crippen LogP contribution in [0.4, 0.5) is 0 Å². The zero-order valence-corrected chi connectivity index (χ0v) is 12.5. The van der Waals surface area contributed by atoms with Gasteiger partial charge in [-0.15, -0.1) is 11.3 Å². The Morgan fingerprint density at radius 2 is 2.11 bits per heavy atom. The molecule has 0 amide bonds. The number of aryl methyl sites for hydroxylation is 2. The Morgan fingerprint density at radius 1 is 1.33 bits per heavy atom. The number of hydrogen-bond acceptors (Lipinski definition) is 4. The molecule has 0 bridgehead atoms. The van der Waals surface area contributed by atoms with Crippen LogP contribution in [0.15, 0.2) is 0 Å². The molecule has 2 rings (SSSR count). The van der Waals surface area contributed by atoms with Crippen LogP contribution in [0.3, 0.4) is 0 Å². The van der Waals surface area contributed by atoms with Gasteiger partial charge in [0.05, 0.1) is 16.3 Å². The molecule has 0 radical (unpaired) electrons. The first-order chi connectivity index (χ1) is 8.52. The van der Waals surface area contributed by atoms with E-state index in [0.29, 0.717) is 0 Å². The first-order valence-corrected chi connectivity index (χ1v) is 7.72. The molecule has 1 aliphatic heterocycles. The summed E-state index contributed by atoms with van der Waals surface area (Å²) in [6.07, 6.45) is 3.59. The Kier molecular flexibility index (Phi) is 4.41. The first-order valence-electron chi connectivity index (χ1n) is 6.90. The summed E-state index contributed by atoms with van der Waals surface area (Å²) in [4.78, 5) is 8.27.